The fourth-order valence-corrected chi connectivity index (χ4v) is 4.16. The van der Waals surface area contributed by atoms with Crippen molar-refractivity contribution in [2.24, 2.45) is 0 Å². The normalized spacial score (nSPS) is 11.2. The Morgan fingerprint density at radius 2 is 1.58 bits per heavy atom. The fraction of sp³-hybridized carbons (Fsp3) is 0.208. The predicted molar refractivity (Wildman–Crippen MR) is 122 cm³/mol. The summed E-state index contributed by atoms with van der Waals surface area (Å²) in [7, 11) is -2.01. The summed E-state index contributed by atoms with van der Waals surface area (Å²) in [6.45, 7) is 2.49. The highest BCUT2D eigenvalue weighted by atomic mass is 32.2. The van der Waals surface area contributed by atoms with Crippen LogP contribution in [0.5, 0.6) is 5.75 Å². The molecule has 0 radical (unpaired) electrons. The molecule has 3 aromatic rings. The van der Waals surface area contributed by atoms with Crippen molar-refractivity contribution >= 4 is 21.6 Å². The number of amides is 1. The van der Waals surface area contributed by atoms with Crippen LogP contribution >= 0.6 is 0 Å². The minimum Gasteiger partial charge on any atom is -0.497 e. The number of hydrogen-bond acceptors (Lipinski definition) is 4. The maximum atomic E-state index is 13.1. The number of carbonyl (C=O) groups excluding carboxylic acids is 1. The van der Waals surface area contributed by atoms with Crippen molar-refractivity contribution in [3.63, 3.8) is 0 Å². The van der Waals surface area contributed by atoms with Gasteiger partial charge in [-0.05, 0) is 61.9 Å². The first-order valence-electron chi connectivity index (χ1n) is 9.98. The molecule has 0 bridgehead atoms. The van der Waals surface area contributed by atoms with Crippen LogP contribution in [0.15, 0.2) is 83.8 Å². The number of methoxy groups -OCH3 is 1. The van der Waals surface area contributed by atoms with Crippen LogP contribution in [0, 0.1) is 6.92 Å². The molecule has 3 rings (SSSR count). The minimum atomic E-state index is -3.59. The summed E-state index contributed by atoms with van der Waals surface area (Å²) in [5.74, 6) is 0.517. The van der Waals surface area contributed by atoms with Gasteiger partial charge in [0.05, 0.1) is 12.0 Å². The van der Waals surface area contributed by atoms with Crippen LogP contribution in [0.4, 0.5) is 5.69 Å². The van der Waals surface area contributed by atoms with E-state index in [9.17, 15) is 13.2 Å². The Hall–Kier alpha value is -3.16. The van der Waals surface area contributed by atoms with Crippen molar-refractivity contribution in [2.75, 3.05) is 25.1 Å². The van der Waals surface area contributed by atoms with Gasteiger partial charge in [-0.3, -0.25) is 4.79 Å². The van der Waals surface area contributed by atoms with Crippen molar-refractivity contribution < 1.29 is 17.9 Å². The first-order chi connectivity index (χ1) is 14.9. The second-order valence-corrected chi connectivity index (χ2v) is 8.85. The van der Waals surface area contributed by atoms with Gasteiger partial charge in [-0.15, -0.1) is 0 Å². The van der Waals surface area contributed by atoms with Crippen molar-refractivity contribution in [2.45, 2.75) is 18.2 Å². The molecule has 162 valence electrons. The molecule has 1 N–H and O–H groups in total. The van der Waals surface area contributed by atoms with E-state index < -0.39 is 10.0 Å². The van der Waals surface area contributed by atoms with Crippen LogP contribution in [0.2, 0.25) is 0 Å². The Morgan fingerprint density at radius 1 is 0.935 bits per heavy atom. The summed E-state index contributed by atoms with van der Waals surface area (Å²) >= 11 is 0. The average molecular weight is 439 g/mol. The molecule has 1 amide bonds. The third kappa shape index (κ3) is 5.93. The molecule has 0 aliphatic heterocycles. The number of sulfonamides is 1. The van der Waals surface area contributed by atoms with Crippen molar-refractivity contribution in [1.29, 1.82) is 0 Å². The summed E-state index contributed by atoms with van der Waals surface area (Å²) in [4.78, 5) is 15.0. The molecule has 6 nitrogen and oxygen atoms in total. The molecular weight excluding hydrogens is 412 g/mol. The van der Waals surface area contributed by atoms with E-state index in [4.69, 9.17) is 4.74 Å². The van der Waals surface area contributed by atoms with Gasteiger partial charge >= 0.3 is 0 Å². The molecule has 0 saturated heterocycles. The van der Waals surface area contributed by atoms with E-state index in [1.807, 2.05) is 37.3 Å². The van der Waals surface area contributed by atoms with Crippen molar-refractivity contribution in [3.05, 3.63) is 90.0 Å². The molecular formula is C24H26N2O4S. The van der Waals surface area contributed by atoms with Crippen LogP contribution in [0.3, 0.4) is 0 Å². The maximum Gasteiger partial charge on any atom is 0.258 e. The predicted octanol–water partition coefficient (Wildman–Crippen LogP) is 4.02. The Balaban J connectivity index is 1.68. The monoisotopic (exact) mass is 438 g/mol. The Morgan fingerprint density at radius 3 is 2.19 bits per heavy atom. The molecule has 0 aliphatic carbocycles. The van der Waals surface area contributed by atoms with Gasteiger partial charge in [-0.25, -0.2) is 13.1 Å². The van der Waals surface area contributed by atoms with E-state index in [0.29, 0.717) is 24.3 Å². The lowest BCUT2D eigenvalue weighted by molar-refractivity contribution is 0.0986. The lowest BCUT2D eigenvalue weighted by atomic mass is 10.1. The van der Waals surface area contributed by atoms with Gasteiger partial charge in [0.2, 0.25) is 10.0 Å². The lowest BCUT2D eigenvalue weighted by Gasteiger charge is -2.23. The van der Waals surface area contributed by atoms with Gasteiger partial charge in [0.25, 0.3) is 5.91 Å². The van der Waals surface area contributed by atoms with Crippen LogP contribution in [-0.4, -0.2) is 34.5 Å². The van der Waals surface area contributed by atoms with Crippen molar-refractivity contribution in [3.8, 4) is 5.75 Å². The summed E-state index contributed by atoms with van der Waals surface area (Å²) in [5, 5.41) is 0. The standard InChI is InChI=1S/C24H26N2O4S/c1-19-9-15-23(16-10-19)31(28,29)25-17-6-18-26(21-7-4-3-5-8-21)24(27)20-11-13-22(30-2)14-12-20/h3-5,7-16,25H,6,17-18H2,1-2H3. The van der Waals surface area contributed by atoms with E-state index in [1.165, 1.54) is 0 Å². The number of aryl methyl sites for hydroxylation is 1. The molecule has 0 unspecified atom stereocenters. The molecule has 0 aliphatic rings. The van der Waals surface area contributed by atoms with Crippen LogP contribution < -0.4 is 14.4 Å². The van der Waals surface area contributed by atoms with Gasteiger partial charge in [0, 0.05) is 24.3 Å². The average Bonchev–Trinajstić information content (AvgIpc) is 2.79. The summed E-state index contributed by atoms with van der Waals surface area (Å²) in [6.07, 6.45) is 0.460. The highest BCUT2D eigenvalue weighted by molar-refractivity contribution is 7.89. The lowest BCUT2D eigenvalue weighted by Crippen LogP contribution is -2.34. The molecule has 7 heteroatoms. The molecule has 0 atom stereocenters. The third-order valence-electron chi connectivity index (χ3n) is 4.83. The number of benzene rings is 3. The van der Waals surface area contributed by atoms with Gasteiger partial charge < -0.3 is 9.64 Å². The largest absolute Gasteiger partial charge is 0.497 e. The topological polar surface area (TPSA) is 75.7 Å². The first-order valence-corrected chi connectivity index (χ1v) is 11.5. The number of nitrogens with zero attached hydrogens (tertiary/aromatic N) is 1. The molecule has 0 heterocycles. The number of rotatable bonds is 9. The third-order valence-corrected chi connectivity index (χ3v) is 6.31. The number of anilines is 1. The van der Waals surface area contributed by atoms with Crippen LogP contribution in [-0.2, 0) is 10.0 Å². The number of ether oxygens (including phenoxy) is 1. The fourth-order valence-electron chi connectivity index (χ4n) is 3.09. The Kier molecular flexibility index (Phi) is 7.44. The quantitative estimate of drug-likeness (QED) is 0.512. The van der Waals surface area contributed by atoms with Crippen molar-refractivity contribution in [1.82, 2.24) is 4.72 Å². The second-order valence-electron chi connectivity index (χ2n) is 7.09. The molecule has 3 aromatic carbocycles. The summed E-state index contributed by atoms with van der Waals surface area (Å²) < 4.78 is 32.7. The number of carbonyl (C=O) groups is 1. The molecule has 0 saturated carbocycles. The molecule has 31 heavy (non-hydrogen) atoms. The molecule has 0 fully saturated rings. The maximum absolute atomic E-state index is 13.1. The van der Waals surface area contributed by atoms with Gasteiger partial charge in [-0.2, -0.15) is 0 Å². The van der Waals surface area contributed by atoms with Crippen LogP contribution in [0.1, 0.15) is 22.3 Å². The molecule has 0 aromatic heterocycles. The van der Waals surface area contributed by atoms with Gasteiger partial charge in [0.1, 0.15) is 5.75 Å². The summed E-state index contributed by atoms with van der Waals surface area (Å²) in [6, 6.07) is 23.0. The smallest absolute Gasteiger partial charge is 0.258 e. The zero-order chi connectivity index (χ0) is 22.3. The van der Waals surface area contributed by atoms with E-state index in [0.717, 1.165) is 11.3 Å². The Bertz CT molecular complexity index is 1100. The summed E-state index contributed by atoms with van der Waals surface area (Å²) in [5.41, 5.74) is 2.28. The zero-order valence-corrected chi connectivity index (χ0v) is 18.4. The van der Waals surface area contributed by atoms with Crippen LogP contribution in [0.25, 0.3) is 0 Å². The minimum absolute atomic E-state index is 0.157. The van der Waals surface area contributed by atoms with Gasteiger partial charge in [0.15, 0.2) is 0 Å². The SMILES string of the molecule is COc1ccc(C(=O)N(CCCNS(=O)(=O)c2ccc(C)cc2)c2ccccc2)cc1. The highest BCUT2D eigenvalue weighted by Gasteiger charge is 2.18. The highest BCUT2D eigenvalue weighted by Crippen LogP contribution is 2.19. The second kappa shape index (κ2) is 10.2. The zero-order valence-electron chi connectivity index (χ0n) is 17.6. The first kappa shape index (κ1) is 22.5. The number of para-hydroxylation sites is 1. The number of nitrogens with one attached hydrogen (secondary N) is 1. The Labute approximate surface area is 183 Å². The van der Waals surface area contributed by atoms with E-state index in [2.05, 4.69) is 4.72 Å². The number of hydrogen-bond donors (Lipinski definition) is 1. The van der Waals surface area contributed by atoms with E-state index in [1.54, 1.807) is 60.5 Å². The van der Waals surface area contributed by atoms with Gasteiger partial charge in [-0.1, -0.05) is 35.9 Å². The van der Waals surface area contributed by atoms with E-state index in [-0.39, 0.29) is 17.3 Å². The molecule has 0 spiro atoms. The van der Waals surface area contributed by atoms with E-state index >= 15 is 0 Å².